The van der Waals surface area contributed by atoms with Gasteiger partial charge < -0.3 is 15.0 Å². The minimum Gasteiger partial charge on any atom is -0.494 e. The molecule has 1 N–H and O–H groups in total. The molecule has 2 aliphatic heterocycles. The van der Waals surface area contributed by atoms with E-state index in [4.69, 9.17) is 4.74 Å². The van der Waals surface area contributed by atoms with E-state index in [1.807, 2.05) is 6.07 Å². The summed E-state index contributed by atoms with van der Waals surface area (Å²) in [5.74, 6) is 0.998. The third-order valence-electron chi connectivity index (χ3n) is 4.56. The van der Waals surface area contributed by atoms with Crippen molar-refractivity contribution in [3.8, 4) is 5.75 Å². The molecule has 0 aromatic heterocycles. The zero-order valence-corrected chi connectivity index (χ0v) is 13.1. The van der Waals surface area contributed by atoms with Crippen LogP contribution in [0.1, 0.15) is 12.0 Å². The number of piperazine rings is 1. The molecule has 0 atom stereocenters. The second kappa shape index (κ2) is 7.25. The molecule has 0 amide bonds. The molecule has 4 nitrogen and oxygen atoms in total. The van der Waals surface area contributed by atoms with Gasteiger partial charge in [0.15, 0.2) is 0 Å². The topological polar surface area (TPSA) is 27.7 Å². The van der Waals surface area contributed by atoms with Gasteiger partial charge in [0.1, 0.15) is 5.75 Å². The number of hydrogen-bond acceptors (Lipinski definition) is 4. The maximum Gasteiger partial charge on any atom is 0.119 e. The van der Waals surface area contributed by atoms with Gasteiger partial charge in [0.2, 0.25) is 0 Å². The first-order chi connectivity index (χ1) is 10.3. The van der Waals surface area contributed by atoms with E-state index in [-0.39, 0.29) is 0 Å². The van der Waals surface area contributed by atoms with Crippen molar-refractivity contribution >= 4 is 0 Å². The zero-order chi connectivity index (χ0) is 14.5. The molecule has 0 bridgehead atoms. The van der Waals surface area contributed by atoms with E-state index in [1.165, 1.54) is 44.8 Å². The number of nitrogens with one attached hydrogen (secondary N) is 1. The summed E-state index contributed by atoms with van der Waals surface area (Å²) in [6, 6.07) is 9.10. The summed E-state index contributed by atoms with van der Waals surface area (Å²) in [6.45, 7) is 11.3. The lowest BCUT2D eigenvalue weighted by atomic mass is 10.1. The van der Waals surface area contributed by atoms with Gasteiger partial charge in [-0.15, -0.1) is 0 Å². The fourth-order valence-electron chi connectivity index (χ4n) is 3.07. The molecule has 0 unspecified atom stereocenters. The Labute approximate surface area is 128 Å². The summed E-state index contributed by atoms with van der Waals surface area (Å²) >= 11 is 0. The van der Waals surface area contributed by atoms with Crippen LogP contribution in [0.3, 0.4) is 0 Å². The van der Waals surface area contributed by atoms with Crippen molar-refractivity contribution in [2.45, 2.75) is 19.4 Å². The quantitative estimate of drug-likeness (QED) is 0.800. The summed E-state index contributed by atoms with van der Waals surface area (Å²) < 4.78 is 5.82. The molecule has 116 valence electrons. The summed E-state index contributed by atoms with van der Waals surface area (Å²) in [5.41, 5.74) is 1.26. The third kappa shape index (κ3) is 4.19. The average Bonchev–Trinajstić information content (AvgIpc) is 2.44. The molecule has 3 rings (SSSR count). The normalized spacial score (nSPS) is 21.2. The van der Waals surface area contributed by atoms with E-state index in [0.29, 0.717) is 0 Å². The van der Waals surface area contributed by atoms with Crippen LogP contribution in [0, 0.1) is 6.92 Å². The summed E-state index contributed by atoms with van der Waals surface area (Å²) in [7, 11) is 0. The third-order valence-corrected chi connectivity index (χ3v) is 4.56. The van der Waals surface area contributed by atoms with Crippen LogP contribution in [0.25, 0.3) is 0 Å². The minimum absolute atomic E-state index is 0.803. The van der Waals surface area contributed by atoms with E-state index < -0.39 is 0 Å². The van der Waals surface area contributed by atoms with Gasteiger partial charge in [-0.05, 0) is 31.0 Å². The highest BCUT2D eigenvalue weighted by Crippen LogP contribution is 2.13. The van der Waals surface area contributed by atoms with Gasteiger partial charge in [0.25, 0.3) is 0 Å². The number of rotatable bonds is 6. The van der Waals surface area contributed by atoms with Crippen LogP contribution in [0.4, 0.5) is 0 Å². The molecule has 2 saturated heterocycles. The van der Waals surface area contributed by atoms with E-state index in [0.717, 1.165) is 31.4 Å². The molecule has 0 spiro atoms. The second-order valence-corrected chi connectivity index (χ2v) is 6.21. The van der Waals surface area contributed by atoms with Gasteiger partial charge in [-0.2, -0.15) is 0 Å². The zero-order valence-electron chi connectivity index (χ0n) is 13.1. The fourth-order valence-corrected chi connectivity index (χ4v) is 3.07. The molecule has 1 aromatic rings. The Balaban J connectivity index is 1.29. The van der Waals surface area contributed by atoms with Crippen LogP contribution >= 0.6 is 0 Å². The molecule has 4 heteroatoms. The smallest absolute Gasteiger partial charge is 0.119 e. The van der Waals surface area contributed by atoms with Gasteiger partial charge >= 0.3 is 0 Å². The van der Waals surface area contributed by atoms with Crippen molar-refractivity contribution in [2.24, 2.45) is 0 Å². The summed E-state index contributed by atoms with van der Waals surface area (Å²) in [4.78, 5) is 5.21. The highest BCUT2D eigenvalue weighted by molar-refractivity contribution is 5.27. The Morgan fingerprint density at radius 2 is 2.00 bits per heavy atom. The van der Waals surface area contributed by atoms with E-state index in [9.17, 15) is 0 Å². The fraction of sp³-hybridized carbons (Fsp3) is 0.647. The van der Waals surface area contributed by atoms with E-state index in [2.05, 4.69) is 40.2 Å². The van der Waals surface area contributed by atoms with Gasteiger partial charge in [0, 0.05) is 51.9 Å². The molecule has 0 saturated carbocycles. The molecular weight excluding hydrogens is 262 g/mol. The van der Waals surface area contributed by atoms with Crippen molar-refractivity contribution in [3.63, 3.8) is 0 Å². The van der Waals surface area contributed by atoms with Crippen LogP contribution in [0.5, 0.6) is 5.75 Å². The standard InChI is InChI=1S/C17H27N3O/c1-15-4-2-5-17(12-15)21-11-3-6-19-7-9-20(10-8-19)16-13-18-14-16/h2,4-5,12,16,18H,3,6-11,13-14H2,1H3. The van der Waals surface area contributed by atoms with Crippen LogP contribution < -0.4 is 10.1 Å². The minimum atomic E-state index is 0.803. The van der Waals surface area contributed by atoms with Crippen LogP contribution in [-0.4, -0.2) is 68.3 Å². The lowest BCUT2D eigenvalue weighted by molar-refractivity contribution is 0.0704. The first-order valence-electron chi connectivity index (χ1n) is 8.18. The van der Waals surface area contributed by atoms with Crippen molar-refractivity contribution in [2.75, 3.05) is 52.4 Å². The van der Waals surface area contributed by atoms with Gasteiger partial charge in [-0.1, -0.05) is 12.1 Å². The Morgan fingerprint density at radius 1 is 1.19 bits per heavy atom. The van der Waals surface area contributed by atoms with Crippen molar-refractivity contribution in [1.82, 2.24) is 15.1 Å². The molecule has 0 radical (unpaired) electrons. The van der Waals surface area contributed by atoms with Crippen LogP contribution in [0.2, 0.25) is 0 Å². The number of benzene rings is 1. The number of hydrogen-bond donors (Lipinski definition) is 1. The monoisotopic (exact) mass is 289 g/mol. The Morgan fingerprint density at radius 3 is 2.67 bits per heavy atom. The Hall–Kier alpha value is -1.10. The number of nitrogens with zero attached hydrogens (tertiary/aromatic N) is 2. The van der Waals surface area contributed by atoms with Crippen molar-refractivity contribution in [1.29, 1.82) is 0 Å². The first kappa shape index (κ1) is 14.8. The largest absolute Gasteiger partial charge is 0.494 e. The van der Waals surface area contributed by atoms with Crippen LogP contribution in [-0.2, 0) is 0 Å². The van der Waals surface area contributed by atoms with Crippen molar-refractivity contribution < 1.29 is 4.74 Å². The van der Waals surface area contributed by atoms with Crippen molar-refractivity contribution in [3.05, 3.63) is 29.8 Å². The van der Waals surface area contributed by atoms with Gasteiger partial charge in [-0.3, -0.25) is 4.90 Å². The number of ether oxygens (including phenoxy) is 1. The predicted molar refractivity (Wildman–Crippen MR) is 86.0 cm³/mol. The van der Waals surface area contributed by atoms with E-state index >= 15 is 0 Å². The molecule has 1 aromatic carbocycles. The summed E-state index contributed by atoms with van der Waals surface area (Å²) in [6.07, 6.45) is 1.11. The second-order valence-electron chi connectivity index (χ2n) is 6.21. The first-order valence-corrected chi connectivity index (χ1v) is 8.18. The maximum absolute atomic E-state index is 5.82. The molecule has 2 fully saturated rings. The summed E-state index contributed by atoms with van der Waals surface area (Å²) in [5, 5.41) is 3.36. The molecule has 2 heterocycles. The maximum atomic E-state index is 5.82. The predicted octanol–water partition coefficient (Wildman–Crippen LogP) is 1.35. The molecule has 0 aliphatic carbocycles. The lowest BCUT2D eigenvalue weighted by Gasteiger charge is -2.43. The highest BCUT2D eigenvalue weighted by Gasteiger charge is 2.27. The van der Waals surface area contributed by atoms with Gasteiger partial charge in [0.05, 0.1) is 6.61 Å². The molecule has 21 heavy (non-hydrogen) atoms. The molecule has 2 aliphatic rings. The number of aryl methyl sites for hydroxylation is 1. The average molecular weight is 289 g/mol. The van der Waals surface area contributed by atoms with E-state index in [1.54, 1.807) is 0 Å². The lowest BCUT2D eigenvalue weighted by Crippen LogP contribution is -2.61. The van der Waals surface area contributed by atoms with Gasteiger partial charge in [-0.25, -0.2) is 0 Å². The van der Waals surface area contributed by atoms with Crippen LogP contribution in [0.15, 0.2) is 24.3 Å². The Kier molecular flexibility index (Phi) is 5.12. The Bertz CT molecular complexity index is 439. The molecular formula is C17H27N3O. The highest BCUT2D eigenvalue weighted by atomic mass is 16.5. The SMILES string of the molecule is Cc1cccc(OCCCN2CCN(C3CNC3)CC2)c1.